The summed E-state index contributed by atoms with van der Waals surface area (Å²) in [6.07, 6.45) is 9.59. The summed E-state index contributed by atoms with van der Waals surface area (Å²) >= 11 is 0. The molecule has 0 saturated carbocycles. The first-order valence-electron chi connectivity index (χ1n) is 4.77. The molecular weight excluding hydrogens is 179 g/mol. The van der Waals surface area contributed by atoms with E-state index < -0.39 is 0 Å². The molecule has 0 saturated heterocycles. The lowest BCUT2D eigenvalue weighted by Gasteiger charge is -2.08. The Balaban J connectivity index is 0.000000791. The van der Waals surface area contributed by atoms with Crippen molar-refractivity contribution < 1.29 is 9.13 Å². The third-order valence-corrected chi connectivity index (χ3v) is 1.63. The fourth-order valence-corrected chi connectivity index (χ4v) is 1.06. The van der Waals surface area contributed by atoms with Gasteiger partial charge in [0.15, 0.2) is 0 Å². The summed E-state index contributed by atoms with van der Waals surface area (Å²) in [5.41, 5.74) is 1.37. The van der Waals surface area contributed by atoms with Crippen molar-refractivity contribution in [1.29, 1.82) is 0 Å². The highest BCUT2D eigenvalue weighted by molar-refractivity contribution is 5.26. The van der Waals surface area contributed by atoms with E-state index in [1.165, 1.54) is 5.57 Å². The first-order valence-corrected chi connectivity index (χ1v) is 4.77. The Morgan fingerprint density at radius 2 is 1.93 bits per heavy atom. The maximum atomic E-state index is 9.50. The Morgan fingerprint density at radius 1 is 1.29 bits per heavy atom. The van der Waals surface area contributed by atoms with Crippen LogP contribution in [-0.4, -0.2) is 13.3 Å². The zero-order valence-electron chi connectivity index (χ0n) is 9.38. The number of halogens is 1. The first kappa shape index (κ1) is 12.9. The van der Waals surface area contributed by atoms with Gasteiger partial charge in [-0.3, -0.25) is 4.39 Å². The second-order valence-corrected chi connectivity index (χ2v) is 3.36. The number of alkyl halides is 1. The van der Waals surface area contributed by atoms with Crippen molar-refractivity contribution in [2.75, 3.05) is 7.18 Å². The van der Waals surface area contributed by atoms with Crippen LogP contribution in [0, 0.1) is 0 Å². The second-order valence-electron chi connectivity index (χ2n) is 3.36. The lowest BCUT2D eigenvalue weighted by molar-refractivity contribution is 0.158. The average molecular weight is 198 g/mol. The molecule has 0 radical (unpaired) electrons. The van der Waals surface area contributed by atoms with Crippen molar-refractivity contribution >= 4 is 0 Å². The van der Waals surface area contributed by atoms with E-state index in [4.69, 9.17) is 4.74 Å². The summed E-state index contributed by atoms with van der Waals surface area (Å²) in [4.78, 5) is 0. The van der Waals surface area contributed by atoms with Crippen molar-refractivity contribution in [3.63, 3.8) is 0 Å². The van der Waals surface area contributed by atoms with Gasteiger partial charge in [0.1, 0.15) is 5.76 Å². The molecule has 1 aliphatic carbocycles. The number of ether oxygens (including phenoxy) is 1. The zero-order valence-corrected chi connectivity index (χ0v) is 9.38. The Morgan fingerprint density at radius 3 is 2.50 bits per heavy atom. The van der Waals surface area contributed by atoms with Crippen molar-refractivity contribution in [3.05, 3.63) is 35.6 Å². The molecule has 0 spiro atoms. The van der Waals surface area contributed by atoms with Gasteiger partial charge in [-0.05, 0) is 39.3 Å². The minimum absolute atomic E-state index is 0.257. The molecule has 0 unspecified atom stereocenters. The molecule has 0 amide bonds. The summed E-state index contributed by atoms with van der Waals surface area (Å²) in [6, 6.07) is 0. The van der Waals surface area contributed by atoms with Gasteiger partial charge in [-0.15, -0.1) is 0 Å². The number of allylic oxidation sites excluding steroid dienone is 5. The predicted octanol–water partition coefficient (Wildman–Crippen LogP) is 3.79. The van der Waals surface area contributed by atoms with E-state index >= 15 is 0 Å². The van der Waals surface area contributed by atoms with Gasteiger partial charge >= 0.3 is 0 Å². The molecule has 1 nitrogen and oxygen atoms in total. The molecule has 0 aliphatic heterocycles. The maximum Gasteiger partial charge on any atom is 0.119 e. The molecule has 1 aliphatic rings. The van der Waals surface area contributed by atoms with Crippen molar-refractivity contribution in [2.24, 2.45) is 0 Å². The molecule has 0 aromatic carbocycles. The smallest absolute Gasteiger partial charge is 0.119 e. The highest BCUT2D eigenvalue weighted by atomic mass is 19.1. The molecule has 0 fully saturated rings. The second kappa shape index (κ2) is 7.36. The van der Waals surface area contributed by atoms with E-state index in [9.17, 15) is 4.39 Å². The van der Waals surface area contributed by atoms with Gasteiger partial charge in [-0.25, -0.2) is 0 Å². The van der Waals surface area contributed by atoms with Crippen LogP contribution in [-0.2, 0) is 4.74 Å². The van der Waals surface area contributed by atoms with E-state index in [0.29, 0.717) is 7.18 Å². The molecule has 0 heterocycles. The quantitative estimate of drug-likeness (QED) is 0.656. The number of hydrogen-bond acceptors (Lipinski definition) is 1. The molecule has 0 N–H and O–H groups in total. The van der Waals surface area contributed by atoms with Gasteiger partial charge in [0.25, 0.3) is 0 Å². The lowest BCUT2D eigenvalue weighted by atomic mass is 10.2. The fourth-order valence-electron chi connectivity index (χ4n) is 1.06. The lowest BCUT2D eigenvalue weighted by Crippen LogP contribution is -2.00. The molecule has 1 rings (SSSR count). The van der Waals surface area contributed by atoms with Gasteiger partial charge < -0.3 is 4.74 Å². The Kier molecular flexibility index (Phi) is 6.81. The standard InChI is InChI=1S/C11H16O.CH3F/c1-9(2)12-11-6-4-5-10(3)7-8-11;1-2/h4,6-9H,5H2,1-3H3;1H3. The van der Waals surface area contributed by atoms with Crippen LogP contribution in [0.4, 0.5) is 4.39 Å². The molecule has 0 bridgehead atoms. The van der Waals surface area contributed by atoms with Crippen LogP contribution in [0.1, 0.15) is 27.2 Å². The minimum Gasteiger partial charge on any atom is -0.491 e. The highest BCUT2D eigenvalue weighted by Crippen LogP contribution is 2.12. The third-order valence-electron chi connectivity index (χ3n) is 1.63. The van der Waals surface area contributed by atoms with E-state index in [1.54, 1.807) is 0 Å². The minimum atomic E-state index is 0.257. The van der Waals surface area contributed by atoms with E-state index in [2.05, 4.69) is 19.1 Å². The van der Waals surface area contributed by atoms with Gasteiger partial charge in [0.2, 0.25) is 0 Å². The van der Waals surface area contributed by atoms with Crippen LogP contribution >= 0.6 is 0 Å². The van der Waals surface area contributed by atoms with Crippen LogP contribution in [0.15, 0.2) is 35.6 Å². The summed E-state index contributed by atoms with van der Waals surface area (Å²) in [5, 5.41) is 0. The summed E-state index contributed by atoms with van der Waals surface area (Å²) in [5.74, 6) is 0.960. The van der Waals surface area contributed by atoms with Gasteiger partial charge in [-0.2, -0.15) is 0 Å². The van der Waals surface area contributed by atoms with Gasteiger partial charge in [-0.1, -0.05) is 17.7 Å². The average Bonchev–Trinajstić information content (AvgIpc) is 2.34. The molecule has 0 atom stereocenters. The Bertz CT molecular complexity index is 237. The van der Waals surface area contributed by atoms with Gasteiger partial charge in [0.05, 0.1) is 13.3 Å². The summed E-state index contributed by atoms with van der Waals surface area (Å²) < 4.78 is 15.0. The molecule has 0 aromatic rings. The predicted molar refractivity (Wildman–Crippen MR) is 58.9 cm³/mol. The highest BCUT2D eigenvalue weighted by Gasteiger charge is 1.98. The van der Waals surface area contributed by atoms with Gasteiger partial charge in [0, 0.05) is 0 Å². The van der Waals surface area contributed by atoms with Crippen LogP contribution in [0.5, 0.6) is 0 Å². The largest absolute Gasteiger partial charge is 0.491 e. The molecule has 0 aromatic heterocycles. The molecule has 2 heteroatoms. The van der Waals surface area contributed by atoms with Crippen LogP contribution < -0.4 is 0 Å². The van der Waals surface area contributed by atoms with Crippen molar-refractivity contribution in [3.8, 4) is 0 Å². The van der Waals surface area contributed by atoms with E-state index in [0.717, 1.165) is 12.2 Å². The fraction of sp³-hybridized carbons (Fsp3) is 0.500. The maximum absolute atomic E-state index is 9.50. The SMILES string of the molecule is CC1=CC=C(OC(C)C)C=CC1.CF. The Hall–Kier alpha value is -1.05. The first-order chi connectivity index (χ1) is 6.68. The van der Waals surface area contributed by atoms with Crippen molar-refractivity contribution in [1.82, 2.24) is 0 Å². The van der Waals surface area contributed by atoms with Crippen LogP contribution in [0.25, 0.3) is 0 Å². The monoisotopic (exact) mass is 198 g/mol. The summed E-state index contributed by atoms with van der Waals surface area (Å²) in [6.45, 7) is 6.20. The molecule has 14 heavy (non-hydrogen) atoms. The van der Waals surface area contributed by atoms with Crippen LogP contribution in [0.2, 0.25) is 0 Å². The molecule has 80 valence electrons. The molecular formula is C12H19FO. The number of hydrogen-bond donors (Lipinski definition) is 0. The summed E-state index contributed by atoms with van der Waals surface area (Å²) in [7, 11) is 0.500. The normalized spacial score (nSPS) is 15.0. The topological polar surface area (TPSA) is 9.23 Å². The number of rotatable bonds is 2. The van der Waals surface area contributed by atoms with E-state index in [1.807, 2.05) is 26.0 Å². The third kappa shape index (κ3) is 5.57. The van der Waals surface area contributed by atoms with E-state index in [-0.39, 0.29) is 6.10 Å². The van der Waals surface area contributed by atoms with Crippen LogP contribution in [0.3, 0.4) is 0 Å². The Labute approximate surface area is 86.0 Å². The zero-order chi connectivity index (χ0) is 11.0. The van der Waals surface area contributed by atoms with Crippen molar-refractivity contribution in [2.45, 2.75) is 33.3 Å².